The van der Waals surface area contributed by atoms with Crippen LogP contribution in [0.2, 0.25) is 0 Å². The molecule has 27 heavy (non-hydrogen) atoms. The Morgan fingerprint density at radius 1 is 1.33 bits per heavy atom. The lowest BCUT2D eigenvalue weighted by atomic mass is 9.98. The topological polar surface area (TPSA) is 105 Å². The standard InChI is InChI=1S/C19H30N2O6/c1-19(2,3)27-18(25)21-7-5-6-13(21)8-12-9-14(22)10-15(12)17(24)20-11-16(23)26-4/h8,13-15,22H,5-7,9-11H2,1-4H3,(H,20,24)/b12-8+/t13-,14+,15-/m1/s1. The molecule has 2 N–H and O–H groups in total. The fourth-order valence-corrected chi connectivity index (χ4v) is 3.50. The molecule has 8 nitrogen and oxygen atoms in total. The van der Waals surface area contributed by atoms with Crippen LogP contribution in [-0.2, 0) is 19.1 Å². The number of amides is 2. The average molecular weight is 382 g/mol. The number of nitrogens with zero attached hydrogens (tertiary/aromatic N) is 1. The van der Waals surface area contributed by atoms with Gasteiger partial charge in [-0.05, 0) is 46.5 Å². The van der Waals surface area contributed by atoms with Crippen molar-refractivity contribution >= 4 is 18.0 Å². The Morgan fingerprint density at radius 3 is 2.67 bits per heavy atom. The first kappa shape index (κ1) is 21.2. The number of methoxy groups -OCH3 is 1. The summed E-state index contributed by atoms with van der Waals surface area (Å²) in [6.45, 7) is 5.87. The second-order valence-corrected chi connectivity index (χ2v) is 8.07. The van der Waals surface area contributed by atoms with Crippen LogP contribution in [-0.4, -0.2) is 65.9 Å². The van der Waals surface area contributed by atoms with Crippen LogP contribution in [0.15, 0.2) is 11.6 Å². The summed E-state index contributed by atoms with van der Waals surface area (Å²) in [5.41, 5.74) is 0.224. The predicted octanol–water partition coefficient (Wildman–Crippen LogP) is 1.37. The second-order valence-electron chi connectivity index (χ2n) is 8.07. The number of nitrogens with one attached hydrogen (secondary N) is 1. The van der Waals surface area contributed by atoms with E-state index in [1.54, 1.807) is 4.90 Å². The summed E-state index contributed by atoms with van der Waals surface area (Å²) in [5, 5.41) is 12.6. The maximum atomic E-state index is 12.4. The Balaban J connectivity index is 2.08. The van der Waals surface area contributed by atoms with E-state index in [0.29, 0.717) is 19.4 Å². The largest absolute Gasteiger partial charge is 0.468 e. The summed E-state index contributed by atoms with van der Waals surface area (Å²) in [7, 11) is 1.25. The lowest BCUT2D eigenvalue weighted by Gasteiger charge is -2.28. The van der Waals surface area contributed by atoms with E-state index in [4.69, 9.17) is 4.74 Å². The summed E-state index contributed by atoms with van der Waals surface area (Å²) in [6, 6.07) is -0.156. The molecule has 0 aromatic carbocycles. The van der Waals surface area contributed by atoms with Crippen molar-refractivity contribution < 1.29 is 29.0 Å². The zero-order valence-corrected chi connectivity index (χ0v) is 16.5. The molecule has 0 radical (unpaired) electrons. The van der Waals surface area contributed by atoms with Crippen molar-refractivity contribution in [2.45, 2.75) is 64.2 Å². The van der Waals surface area contributed by atoms with E-state index >= 15 is 0 Å². The maximum Gasteiger partial charge on any atom is 0.410 e. The van der Waals surface area contributed by atoms with Gasteiger partial charge in [0.25, 0.3) is 0 Å². The first-order valence-electron chi connectivity index (χ1n) is 9.33. The number of ether oxygens (including phenoxy) is 2. The molecule has 0 spiro atoms. The van der Waals surface area contributed by atoms with Crippen molar-refractivity contribution in [3.8, 4) is 0 Å². The van der Waals surface area contributed by atoms with Gasteiger partial charge in [0.15, 0.2) is 0 Å². The van der Waals surface area contributed by atoms with Crippen LogP contribution in [0.5, 0.6) is 0 Å². The molecule has 2 rings (SSSR count). The van der Waals surface area contributed by atoms with Crippen LogP contribution in [0, 0.1) is 5.92 Å². The third-order valence-corrected chi connectivity index (χ3v) is 4.71. The van der Waals surface area contributed by atoms with E-state index in [9.17, 15) is 19.5 Å². The molecule has 2 amide bonds. The molecule has 0 aromatic rings. The van der Waals surface area contributed by atoms with Crippen LogP contribution in [0.4, 0.5) is 4.79 Å². The Labute approximate surface area is 159 Å². The highest BCUT2D eigenvalue weighted by molar-refractivity contribution is 5.86. The maximum absolute atomic E-state index is 12.4. The highest BCUT2D eigenvalue weighted by Gasteiger charge is 2.36. The first-order chi connectivity index (χ1) is 12.6. The number of esters is 1. The molecule has 2 aliphatic rings. The van der Waals surface area contributed by atoms with Crippen molar-refractivity contribution in [3.05, 3.63) is 11.6 Å². The van der Waals surface area contributed by atoms with Gasteiger partial charge in [-0.3, -0.25) is 9.59 Å². The molecule has 152 valence electrons. The second kappa shape index (κ2) is 8.73. The Bertz CT molecular complexity index is 610. The molecule has 1 saturated carbocycles. The number of likely N-dealkylation sites (tertiary alicyclic amines) is 1. The van der Waals surface area contributed by atoms with Crippen molar-refractivity contribution in [3.63, 3.8) is 0 Å². The monoisotopic (exact) mass is 382 g/mol. The predicted molar refractivity (Wildman–Crippen MR) is 97.8 cm³/mol. The van der Waals surface area contributed by atoms with Crippen LogP contribution in [0.3, 0.4) is 0 Å². The molecule has 8 heteroatoms. The van der Waals surface area contributed by atoms with Gasteiger partial charge in [-0.1, -0.05) is 11.6 Å². The van der Waals surface area contributed by atoms with Crippen molar-refractivity contribution in [2.75, 3.05) is 20.2 Å². The van der Waals surface area contributed by atoms with Gasteiger partial charge in [0.2, 0.25) is 5.91 Å². The van der Waals surface area contributed by atoms with Crippen molar-refractivity contribution in [1.29, 1.82) is 0 Å². The molecule has 3 atom stereocenters. The molecule has 0 unspecified atom stereocenters. The molecule has 0 aromatic heterocycles. The summed E-state index contributed by atoms with van der Waals surface area (Å²) < 4.78 is 9.99. The van der Waals surface area contributed by atoms with Crippen LogP contribution < -0.4 is 5.32 Å². The fraction of sp³-hybridized carbons (Fsp3) is 0.737. The van der Waals surface area contributed by atoms with E-state index in [1.807, 2.05) is 26.8 Å². The van der Waals surface area contributed by atoms with Gasteiger partial charge in [-0.2, -0.15) is 0 Å². The van der Waals surface area contributed by atoms with Crippen molar-refractivity contribution in [2.24, 2.45) is 5.92 Å². The normalized spacial score (nSPS) is 26.9. The van der Waals surface area contributed by atoms with Crippen LogP contribution in [0.1, 0.15) is 46.5 Å². The molecule has 2 fully saturated rings. The lowest BCUT2D eigenvalue weighted by Crippen LogP contribution is -2.39. The zero-order chi connectivity index (χ0) is 20.2. The number of carbonyl (C=O) groups excluding carboxylic acids is 3. The van der Waals surface area contributed by atoms with Gasteiger partial charge in [0.1, 0.15) is 12.1 Å². The molecule has 0 bridgehead atoms. The van der Waals surface area contributed by atoms with E-state index in [1.165, 1.54) is 7.11 Å². The van der Waals surface area contributed by atoms with Gasteiger partial charge in [0, 0.05) is 6.54 Å². The number of rotatable bonds is 4. The third-order valence-electron chi connectivity index (χ3n) is 4.71. The molecular weight excluding hydrogens is 352 g/mol. The number of aliphatic hydroxyl groups excluding tert-OH is 1. The molecular formula is C19H30N2O6. The number of aliphatic hydroxyl groups is 1. The highest BCUT2D eigenvalue weighted by Crippen LogP contribution is 2.34. The Kier molecular flexibility index (Phi) is 6.86. The van der Waals surface area contributed by atoms with E-state index < -0.39 is 23.6 Å². The summed E-state index contributed by atoms with van der Waals surface area (Å²) in [6.07, 6.45) is 3.27. The van der Waals surface area contributed by atoms with Crippen molar-refractivity contribution in [1.82, 2.24) is 10.2 Å². The number of hydrogen-bond donors (Lipinski definition) is 2. The van der Waals surface area contributed by atoms with Crippen LogP contribution >= 0.6 is 0 Å². The van der Waals surface area contributed by atoms with Gasteiger partial charge >= 0.3 is 12.1 Å². The minimum atomic E-state index is -0.610. The summed E-state index contributed by atoms with van der Waals surface area (Å²) >= 11 is 0. The molecule has 1 saturated heterocycles. The Morgan fingerprint density at radius 2 is 2.04 bits per heavy atom. The van der Waals surface area contributed by atoms with Gasteiger partial charge in [0.05, 0.1) is 25.2 Å². The van der Waals surface area contributed by atoms with Gasteiger partial charge in [-0.25, -0.2) is 4.79 Å². The number of hydrogen-bond acceptors (Lipinski definition) is 6. The zero-order valence-electron chi connectivity index (χ0n) is 16.5. The first-order valence-corrected chi connectivity index (χ1v) is 9.33. The van der Waals surface area contributed by atoms with E-state index in [2.05, 4.69) is 10.1 Å². The van der Waals surface area contributed by atoms with E-state index in [-0.39, 0.29) is 24.6 Å². The SMILES string of the molecule is COC(=O)CNC(=O)[C@@H]1C[C@@H](O)C/C1=C\[C@H]1CCCN1C(=O)OC(C)(C)C. The van der Waals surface area contributed by atoms with Gasteiger partial charge < -0.3 is 24.8 Å². The fourth-order valence-electron chi connectivity index (χ4n) is 3.50. The Hall–Kier alpha value is -2.09. The molecule has 1 heterocycles. The van der Waals surface area contributed by atoms with Crippen LogP contribution in [0.25, 0.3) is 0 Å². The summed E-state index contributed by atoms with van der Waals surface area (Å²) in [4.78, 5) is 37.8. The molecule has 1 aliphatic heterocycles. The lowest BCUT2D eigenvalue weighted by molar-refractivity contribution is -0.141. The minimum absolute atomic E-state index is 0.156. The number of carbonyl (C=O) groups is 3. The summed E-state index contributed by atoms with van der Waals surface area (Å²) in [5.74, 6) is -1.35. The highest BCUT2D eigenvalue weighted by atomic mass is 16.6. The van der Waals surface area contributed by atoms with E-state index in [0.717, 1.165) is 18.4 Å². The third kappa shape index (κ3) is 5.95. The smallest absolute Gasteiger partial charge is 0.410 e. The average Bonchev–Trinajstić information content (AvgIpc) is 3.17. The minimum Gasteiger partial charge on any atom is -0.468 e. The van der Waals surface area contributed by atoms with Gasteiger partial charge in [-0.15, -0.1) is 0 Å². The molecule has 1 aliphatic carbocycles. The quantitative estimate of drug-likeness (QED) is 0.562.